The summed E-state index contributed by atoms with van der Waals surface area (Å²) >= 11 is 7.69. The van der Waals surface area contributed by atoms with Crippen molar-refractivity contribution < 1.29 is 9.13 Å². The van der Waals surface area contributed by atoms with Crippen LogP contribution in [-0.2, 0) is 0 Å². The summed E-state index contributed by atoms with van der Waals surface area (Å²) in [6, 6.07) is 4.65. The summed E-state index contributed by atoms with van der Waals surface area (Å²) in [5.74, 6) is 1.15. The standard InChI is InChI=1S/C13H16BrFOS/c14-10-5-11(15)7-12(6-10)16-8-13(9-17)3-1-2-4-13/h5-7,17H,1-4,8-9H2. The van der Waals surface area contributed by atoms with Crippen molar-refractivity contribution in [2.75, 3.05) is 12.4 Å². The highest BCUT2D eigenvalue weighted by Crippen LogP contribution is 2.39. The summed E-state index contributed by atoms with van der Waals surface area (Å²) in [6.45, 7) is 0.631. The average molecular weight is 319 g/mol. The summed E-state index contributed by atoms with van der Waals surface area (Å²) in [5, 5.41) is 0. The van der Waals surface area contributed by atoms with Crippen molar-refractivity contribution in [2.45, 2.75) is 25.7 Å². The second-order valence-electron chi connectivity index (χ2n) is 4.76. The molecule has 17 heavy (non-hydrogen) atoms. The van der Waals surface area contributed by atoms with E-state index in [-0.39, 0.29) is 11.2 Å². The van der Waals surface area contributed by atoms with Crippen LogP contribution >= 0.6 is 28.6 Å². The molecule has 4 heteroatoms. The Morgan fingerprint density at radius 2 is 2.00 bits per heavy atom. The highest BCUT2D eigenvalue weighted by atomic mass is 79.9. The minimum atomic E-state index is -0.277. The van der Waals surface area contributed by atoms with Gasteiger partial charge in [0.1, 0.15) is 11.6 Å². The van der Waals surface area contributed by atoms with Crippen LogP contribution in [0.15, 0.2) is 22.7 Å². The van der Waals surface area contributed by atoms with Gasteiger partial charge in [-0.3, -0.25) is 0 Å². The van der Waals surface area contributed by atoms with Gasteiger partial charge in [-0.25, -0.2) is 4.39 Å². The molecule has 0 aliphatic heterocycles. The first-order chi connectivity index (χ1) is 8.13. The molecule has 0 radical (unpaired) electrons. The molecule has 0 bridgehead atoms. The van der Waals surface area contributed by atoms with E-state index in [2.05, 4.69) is 28.6 Å². The zero-order chi connectivity index (χ0) is 12.3. The third-order valence-corrected chi connectivity index (χ3v) is 4.51. The van der Waals surface area contributed by atoms with Crippen molar-refractivity contribution >= 4 is 28.6 Å². The Kier molecular flexibility index (Phi) is 4.36. The van der Waals surface area contributed by atoms with Crippen molar-refractivity contribution in [3.05, 3.63) is 28.5 Å². The lowest BCUT2D eigenvalue weighted by Gasteiger charge is -2.26. The fourth-order valence-corrected chi connectivity index (χ4v) is 3.17. The molecule has 2 rings (SSSR count). The Bertz CT molecular complexity index is 371. The molecular weight excluding hydrogens is 303 g/mol. The van der Waals surface area contributed by atoms with E-state index in [1.165, 1.54) is 25.0 Å². The topological polar surface area (TPSA) is 9.23 Å². The molecule has 0 amide bonds. The normalized spacial score (nSPS) is 18.3. The maximum absolute atomic E-state index is 13.2. The lowest BCUT2D eigenvalue weighted by atomic mass is 9.90. The zero-order valence-corrected chi connectivity index (χ0v) is 12.1. The van der Waals surface area contributed by atoms with Crippen LogP contribution in [0.4, 0.5) is 4.39 Å². The number of benzene rings is 1. The Hall–Kier alpha value is -0.220. The Morgan fingerprint density at radius 3 is 2.59 bits per heavy atom. The quantitative estimate of drug-likeness (QED) is 0.806. The van der Waals surface area contributed by atoms with Gasteiger partial charge in [0, 0.05) is 16.0 Å². The largest absolute Gasteiger partial charge is 0.493 e. The average Bonchev–Trinajstić information content (AvgIpc) is 2.74. The minimum Gasteiger partial charge on any atom is -0.493 e. The van der Waals surface area contributed by atoms with Crippen molar-refractivity contribution in [1.29, 1.82) is 0 Å². The third kappa shape index (κ3) is 3.38. The molecule has 0 spiro atoms. The van der Waals surface area contributed by atoms with E-state index in [0.717, 1.165) is 18.6 Å². The van der Waals surface area contributed by atoms with Crippen LogP contribution < -0.4 is 4.74 Å². The van der Waals surface area contributed by atoms with Crippen molar-refractivity contribution in [1.82, 2.24) is 0 Å². The number of rotatable bonds is 4. The Balaban J connectivity index is 2.01. The molecule has 0 unspecified atom stereocenters. The van der Waals surface area contributed by atoms with Gasteiger partial charge in [0.2, 0.25) is 0 Å². The summed E-state index contributed by atoms with van der Waals surface area (Å²) < 4.78 is 19.6. The highest BCUT2D eigenvalue weighted by molar-refractivity contribution is 9.10. The second-order valence-corrected chi connectivity index (χ2v) is 5.99. The molecular formula is C13H16BrFOS. The van der Waals surface area contributed by atoms with Gasteiger partial charge in [0.25, 0.3) is 0 Å². The van der Waals surface area contributed by atoms with Gasteiger partial charge in [-0.2, -0.15) is 12.6 Å². The molecule has 0 saturated heterocycles. The monoisotopic (exact) mass is 318 g/mol. The molecule has 94 valence electrons. The van der Waals surface area contributed by atoms with Gasteiger partial charge < -0.3 is 4.74 Å². The first-order valence-corrected chi connectivity index (χ1v) is 7.26. The van der Waals surface area contributed by atoms with Crippen LogP contribution in [-0.4, -0.2) is 12.4 Å². The van der Waals surface area contributed by atoms with Gasteiger partial charge in [0.05, 0.1) is 6.61 Å². The lowest BCUT2D eigenvalue weighted by Crippen LogP contribution is -2.27. The fourth-order valence-electron chi connectivity index (χ4n) is 2.32. The van der Waals surface area contributed by atoms with E-state index in [9.17, 15) is 4.39 Å². The van der Waals surface area contributed by atoms with E-state index < -0.39 is 0 Å². The van der Waals surface area contributed by atoms with E-state index in [1.807, 2.05) is 0 Å². The summed E-state index contributed by atoms with van der Waals surface area (Å²) in [5.41, 5.74) is 0.182. The van der Waals surface area contributed by atoms with Gasteiger partial charge in [0.15, 0.2) is 0 Å². The van der Waals surface area contributed by atoms with E-state index in [0.29, 0.717) is 16.8 Å². The van der Waals surface area contributed by atoms with E-state index in [4.69, 9.17) is 4.74 Å². The number of halogens is 2. The lowest BCUT2D eigenvalue weighted by molar-refractivity contribution is 0.172. The Labute approximate surface area is 115 Å². The van der Waals surface area contributed by atoms with Crippen molar-refractivity contribution in [2.24, 2.45) is 5.41 Å². The molecule has 1 saturated carbocycles. The molecule has 1 aromatic carbocycles. The van der Waals surface area contributed by atoms with Crippen LogP contribution in [0.5, 0.6) is 5.75 Å². The maximum atomic E-state index is 13.2. The number of thiol groups is 1. The predicted octanol–water partition coefficient (Wildman–Crippen LogP) is 4.46. The van der Waals surface area contributed by atoms with Crippen LogP contribution in [0.2, 0.25) is 0 Å². The third-order valence-electron chi connectivity index (χ3n) is 3.38. The van der Waals surface area contributed by atoms with E-state index >= 15 is 0 Å². The number of hydrogen-bond acceptors (Lipinski definition) is 2. The van der Waals surface area contributed by atoms with Gasteiger partial charge in [-0.05, 0) is 30.7 Å². The SMILES string of the molecule is Fc1cc(Br)cc(OCC2(CS)CCCC2)c1. The molecule has 0 N–H and O–H groups in total. The first kappa shape index (κ1) is 13.2. The molecule has 0 aromatic heterocycles. The predicted molar refractivity (Wildman–Crippen MR) is 74.3 cm³/mol. The molecule has 1 nitrogen and oxygen atoms in total. The fraction of sp³-hybridized carbons (Fsp3) is 0.538. The molecule has 0 heterocycles. The van der Waals surface area contributed by atoms with Crippen LogP contribution in [0.3, 0.4) is 0 Å². The minimum absolute atomic E-state index is 0.182. The second kappa shape index (κ2) is 5.61. The molecule has 1 aliphatic rings. The summed E-state index contributed by atoms with van der Waals surface area (Å²) in [7, 11) is 0. The molecule has 1 aromatic rings. The smallest absolute Gasteiger partial charge is 0.128 e. The van der Waals surface area contributed by atoms with Gasteiger partial charge in [-0.15, -0.1) is 0 Å². The van der Waals surface area contributed by atoms with Crippen LogP contribution in [0.25, 0.3) is 0 Å². The maximum Gasteiger partial charge on any atom is 0.128 e. The van der Waals surface area contributed by atoms with Gasteiger partial charge in [-0.1, -0.05) is 28.8 Å². The molecule has 1 fully saturated rings. The van der Waals surface area contributed by atoms with Crippen LogP contribution in [0, 0.1) is 11.2 Å². The Morgan fingerprint density at radius 1 is 1.29 bits per heavy atom. The summed E-state index contributed by atoms with van der Waals surface area (Å²) in [6.07, 6.45) is 4.81. The van der Waals surface area contributed by atoms with E-state index in [1.54, 1.807) is 6.07 Å². The van der Waals surface area contributed by atoms with Crippen LogP contribution in [0.1, 0.15) is 25.7 Å². The molecule has 0 atom stereocenters. The number of ether oxygens (including phenoxy) is 1. The summed E-state index contributed by atoms with van der Waals surface area (Å²) in [4.78, 5) is 0. The van der Waals surface area contributed by atoms with Gasteiger partial charge >= 0.3 is 0 Å². The highest BCUT2D eigenvalue weighted by Gasteiger charge is 2.33. The van der Waals surface area contributed by atoms with Crippen molar-refractivity contribution in [3.63, 3.8) is 0 Å². The van der Waals surface area contributed by atoms with Crippen molar-refractivity contribution in [3.8, 4) is 5.75 Å². The molecule has 1 aliphatic carbocycles. The first-order valence-electron chi connectivity index (χ1n) is 5.83. The number of hydrogen-bond donors (Lipinski definition) is 1. The zero-order valence-electron chi connectivity index (χ0n) is 9.59.